The van der Waals surface area contributed by atoms with E-state index in [1.807, 2.05) is 24.3 Å². The van der Waals surface area contributed by atoms with Crippen molar-refractivity contribution < 1.29 is 9.47 Å². The van der Waals surface area contributed by atoms with Gasteiger partial charge >= 0.3 is 0 Å². The van der Waals surface area contributed by atoms with E-state index in [2.05, 4.69) is 38.1 Å². The van der Waals surface area contributed by atoms with E-state index in [1.165, 1.54) is 22.3 Å². The third-order valence-corrected chi connectivity index (χ3v) is 4.72. The van der Waals surface area contributed by atoms with Crippen molar-refractivity contribution in [2.24, 2.45) is 11.5 Å². The first-order valence-corrected chi connectivity index (χ1v) is 8.50. The highest BCUT2D eigenvalue weighted by atomic mass is 35.5. The van der Waals surface area contributed by atoms with Gasteiger partial charge in [0.2, 0.25) is 0 Å². The van der Waals surface area contributed by atoms with Crippen molar-refractivity contribution in [2.75, 3.05) is 13.2 Å². The molecule has 2 aromatic rings. The van der Waals surface area contributed by atoms with Gasteiger partial charge in [-0.1, -0.05) is 48.5 Å². The summed E-state index contributed by atoms with van der Waals surface area (Å²) in [4.78, 5) is 0. The van der Waals surface area contributed by atoms with Crippen molar-refractivity contribution in [2.45, 2.75) is 38.1 Å². The highest BCUT2D eigenvalue weighted by molar-refractivity contribution is 5.85. The van der Waals surface area contributed by atoms with Crippen LogP contribution in [0.15, 0.2) is 48.5 Å². The van der Waals surface area contributed by atoms with E-state index in [1.54, 1.807) is 0 Å². The Morgan fingerprint density at radius 3 is 1.27 bits per heavy atom. The summed E-state index contributed by atoms with van der Waals surface area (Å²) in [7, 11) is 0. The average Bonchev–Trinajstić information content (AvgIpc) is 2.63. The second-order valence-corrected chi connectivity index (χ2v) is 6.42. The molecule has 0 unspecified atom stereocenters. The van der Waals surface area contributed by atoms with Crippen LogP contribution in [0.5, 0.6) is 0 Å². The fourth-order valence-corrected chi connectivity index (χ4v) is 3.29. The molecule has 0 fully saturated rings. The Morgan fingerprint density at radius 1 is 0.654 bits per heavy atom. The fourth-order valence-electron chi connectivity index (χ4n) is 3.29. The van der Waals surface area contributed by atoms with E-state index in [0.29, 0.717) is 13.2 Å². The Hall–Kier alpha value is -1.14. The number of nitrogens with two attached hydrogens (primary N) is 2. The van der Waals surface area contributed by atoms with Crippen molar-refractivity contribution >= 4 is 24.8 Å². The molecule has 144 valence electrons. The molecule has 0 aliphatic carbocycles. The lowest BCUT2D eigenvalue weighted by Gasteiger charge is -2.27. The van der Waals surface area contributed by atoms with Crippen LogP contribution in [0.4, 0.5) is 0 Å². The lowest BCUT2D eigenvalue weighted by atomic mass is 9.95. The quantitative estimate of drug-likeness (QED) is 0.689. The zero-order chi connectivity index (χ0) is 17.1. The maximum atomic E-state index is 5.88. The molecule has 0 aromatic heterocycles. The maximum Gasteiger partial charge on any atom is 0.0801 e. The van der Waals surface area contributed by atoms with Gasteiger partial charge in [-0.25, -0.2) is 0 Å². The number of ether oxygens (including phenoxy) is 2. The van der Waals surface area contributed by atoms with E-state index in [0.717, 1.165) is 0 Å². The third kappa shape index (κ3) is 4.97. The molecule has 2 heterocycles. The highest BCUT2D eigenvalue weighted by Gasteiger charge is 2.22. The number of rotatable bonds is 0. The predicted molar refractivity (Wildman–Crippen MR) is 110 cm³/mol. The van der Waals surface area contributed by atoms with Gasteiger partial charge < -0.3 is 20.9 Å². The van der Waals surface area contributed by atoms with Crippen molar-refractivity contribution in [1.29, 1.82) is 0 Å². The van der Waals surface area contributed by atoms with Crippen molar-refractivity contribution in [1.82, 2.24) is 0 Å². The normalized spacial score (nSPS) is 26.0. The molecule has 2 aromatic carbocycles. The predicted octanol–water partition coefficient (Wildman–Crippen LogP) is 4.40. The lowest BCUT2D eigenvalue weighted by molar-refractivity contribution is 0.0407. The van der Waals surface area contributed by atoms with Gasteiger partial charge in [0.05, 0.1) is 37.5 Å². The van der Waals surface area contributed by atoms with Gasteiger partial charge in [0.15, 0.2) is 0 Å². The molecule has 4 rings (SSSR count). The highest BCUT2D eigenvalue weighted by Crippen LogP contribution is 2.31. The molecule has 0 spiro atoms. The summed E-state index contributed by atoms with van der Waals surface area (Å²) in [5.74, 6) is 0. The molecule has 26 heavy (non-hydrogen) atoms. The molecule has 2 aliphatic rings. The summed E-state index contributed by atoms with van der Waals surface area (Å²) >= 11 is 0. The maximum absolute atomic E-state index is 5.88. The second kappa shape index (κ2) is 10.3. The van der Waals surface area contributed by atoms with E-state index in [9.17, 15) is 0 Å². The SMILES string of the molecule is C[C@@H]1OC[C@@H](N)c2ccccc21.C[C@H]1OC[C@@H](N)c2ccccc21.Cl.Cl. The summed E-state index contributed by atoms with van der Waals surface area (Å²) < 4.78 is 11.0. The molecule has 0 saturated heterocycles. The first-order valence-electron chi connectivity index (χ1n) is 8.50. The number of halogens is 2. The molecule has 0 radical (unpaired) electrons. The summed E-state index contributed by atoms with van der Waals surface area (Å²) in [5.41, 5.74) is 16.7. The molecule has 4 nitrogen and oxygen atoms in total. The third-order valence-electron chi connectivity index (χ3n) is 4.72. The largest absolute Gasteiger partial charge is 0.372 e. The summed E-state index contributed by atoms with van der Waals surface area (Å²) in [6, 6.07) is 16.5. The number of hydrogen-bond acceptors (Lipinski definition) is 4. The van der Waals surface area contributed by atoms with E-state index < -0.39 is 0 Å². The molecule has 2 aliphatic heterocycles. The van der Waals surface area contributed by atoms with Crippen LogP contribution in [0.2, 0.25) is 0 Å². The molecular formula is C20H28Cl2N2O2. The van der Waals surface area contributed by atoms with Crippen LogP contribution >= 0.6 is 24.8 Å². The number of fused-ring (bicyclic) bond motifs is 2. The first kappa shape index (κ1) is 22.9. The van der Waals surface area contributed by atoms with Gasteiger partial charge in [0, 0.05) is 0 Å². The van der Waals surface area contributed by atoms with Gasteiger partial charge in [-0.2, -0.15) is 0 Å². The van der Waals surface area contributed by atoms with Gasteiger partial charge in [0.25, 0.3) is 0 Å². The Morgan fingerprint density at radius 2 is 0.962 bits per heavy atom. The lowest BCUT2D eigenvalue weighted by Crippen LogP contribution is -2.25. The minimum atomic E-state index is 0. The van der Waals surface area contributed by atoms with Crippen LogP contribution in [0.25, 0.3) is 0 Å². The van der Waals surface area contributed by atoms with E-state index in [4.69, 9.17) is 20.9 Å². The van der Waals surface area contributed by atoms with Gasteiger partial charge in [-0.15, -0.1) is 24.8 Å². The monoisotopic (exact) mass is 398 g/mol. The average molecular weight is 399 g/mol. The minimum Gasteiger partial charge on any atom is -0.372 e. The van der Waals surface area contributed by atoms with Crippen LogP contribution in [0, 0.1) is 0 Å². The Bertz CT molecular complexity index is 582. The summed E-state index contributed by atoms with van der Waals surface area (Å²) in [5, 5.41) is 0. The molecule has 6 heteroatoms. The van der Waals surface area contributed by atoms with E-state index in [-0.39, 0.29) is 49.1 Å². The molecule has 0 amide bonds. The van der Waals surface area contributed by atoms with Gasteiger partial charge in [-0.3, -0.25) is 0 Å². The standard InChI is InChI=1S/2C10H13NO.2ClH/c2*1-7-8-4-2-3-5-9(8)10(11)6-12-7;;/h2*2-5,7,10H,6,11H2,1H3;2*1H/t7-,10+;7-,10-;;/m01../s1. The fraction of sp³-hybridized carbons (Fsp3) is 0.400. The van der Waals surface area contributed by atoms with Crippen LogP contribution in [-0.2, 0) is 9.47 Å². The summed E-state index contributed by atoms with van der Waals surface area (Å²) in [6.07, 6.45) is 0.391. The van der Waals surface area contributed by atoms with Crippen LogP contribution in [0.1, 0.15) is 60.4 Å². The van der Waals surface area contributed by atoms with E-state index >= 15 is 0 Å². The zero-order valence-corrected chi connectivity index (χ0v) is 16.8. The minimum absolute atomic E-state index is 0. The Kier molecular flexibility index (Phi) is 9.04. The van der Waals surface area contributed by atoms with Gasteiger partial charge in [0.1, 0.15) is 0 Å². The Balaban J connectivity index is 0.000000241. The molecule has 0 bridgehead atoms. The van der Waals surface area contributed by atoms with Crippen LogP contribution in [-0.4, -0.2) is 13.2 Å². The number of hydrogen-bond donors (Lipinski definition) is 2. The zero-order valence-electron chi connectivity index (χ0n) is 15.1. The van der Waals surface area contributed by atoms with Crippen molar-refractivity contribution in [3.63, 3.8) is 0 Å². The Labute approximate surface area is 168 Å². The second-order valence-electron chi connectivity index (χ2n) is 6.42. The van der Waals surface area contributed by atoms with Gasteiger partial charge in [-0.05, 0) is 36.1 Å². The molecule has 0 saturated carbocycles. The molecule has 4 N–H and O–H groups in total. The molecule has 4 atom stereocenters. The molecular weight excluding hydrogens is 371 g/mol. The van der Waals surface area contributed by atoms with Crippen molar-refractivity contribution in [3.05, 3.63) is 70.8 Å². The smallest absolute Gasteiger partial charge is 0.0801 e. The first-order chi connectivity index (χ1) is 11.6. The van der Waals surface area contributed by atoms with Crippen molar-refractivity contribution in [3.8, 4) is 0 Å². The van der Waals surface area contributed by atoms with Crippen LogP contribution < -0.4 is 11.5 Å². The number of benzene rings is 2. The van der Waals surface area contributed by atoms with Crippen LogP contribution in [0.3, 0.4) is 0 Å². The summed E-state index contributed by atoms with van der Waals surface area (Å²) in [6.45, 7) is 5.39. The topological polar surface area (TPSA) is 70.5 Å².